The molecule has 15 heavy (non-hydrogen) atoms. The van der Waals surface area contributed by atoms with E-state index in [-0.39, 0.29) is 11.4 Å². The molecular formula is C11H18N2O2. The molecule has 0 radical (unpaired) electrons. The van der Waals surface area contributed by atoms with Crippen molar-refractivity contribution in [3.63, 3.8) is 0 Å². The highest BCUT2D eigenvalue weighted by Gasteiger charge is 2.10. The molecule has 0 saturated heterocycles. The molecule has 2 N–H and O–H groups in total. The Morgan fingerprint density at radius 3 is 2.73 bits per heavy atom. The highest BCUT2D eigenvalue weighted by Crippen LogP contribution is 2.24. The van der Waals surface area contributed by atoms with Gasteiger partial charge in [0.05, 0.1) is 5.69 Å². The molecule has 1 heterocycles. The van der Waals surface area contributed by atoms with E-state index < -0.39 is 0 Å². The minimum Gasteiger partial charge on any atom is -0.493 e. The van der Waals surface area contributed by atoms with Gasteiger partial charge in [0.25, 0.3) is 5.56 Å². The van der Waals surface area contributed by atoms with Crippen LogP contribution < -0.4 is 10.9 Å². The molecule has 0 fully saturated rings. The lowest BCUT2D eigenvalue weighted by atomic mass is 10.2. The predicted molar refractivity (Wildman–Crippen MR) is 61.6 cm³/mol. The van der Waals surface area contributed by atoms with Crippen molar-refractivity contribution in [3.8, 4) is 5.88 Å². The maximum atomic E-state index is 11.6. The lowest BCUT2D eigenvalue weighted by molar-refractivity contribution is 0.403. The monoisotopic (exact) mass is 210 g/mol. The smallest absolute Gasteiger partial charge is 0.253 e. The Morgan fingerprint density at radius 2 is 2.20 bits per heavy atom. The zero-order valence-electron chi connectivity index (χ0n) is 9.50. The van der Waals surface area contributed by atoms with Crippen molar-refractivity contribution in [1.82, 2.24) is 4.57 Å². The largest absolute Gasteiger partial charge is 0.493 e. The van der Waals surface area contributed by atoms with Crippen LogP contribution in [0.2, 0.25) is 0 Å². The Kier molecular flexibility index (Phi) is 3.77. The average Bonchev–Trinajstić information content (AvgIpc) is 2.17. The second-order valence-corrected chi connectivity index (χ2v) is 3.62. The average molecular weight is 210 g/mol. The summed E-state index contributed by atoms with van der Waals surface area (Å²) in [5.74, 6) is 0.0379. The zero-order chi connectivity index (χ0) is 11.4. The van der Waals surface area contributed by atoms with Gasteiger partial charge in [-0.15, -0.1) is 0 Å². The van der Waals surface area contributed by atoms with Gasteiger partial charge in [-0.1, -0.05) is 13.3 Å². The van der Waals surface area contributed by atoms with Crippen LogP contribution in [0, 0.1) is 6.92 Å². The molecule has 0 aliphatic heterocycles. The van der Waals surface area contributed by atoms with E-state index in [9.17, 15) is 9.90 Å². The quantitative estimate of drug-likeness (QED) is 0.795. The van der Waals surface area contributed by atoms with Gasteiger partial charge in [0.2, 0.25) is 5.88 Å². The van der Waals surface area contributed by atoms with Crippen molar-refractivity contribution in [1.29, 1.82) is 0 Å². The molecular weight excluding hydrogens is 192 g/mol. The first-order valence-electron chi connectivity index (χ1n) is 5.23. The van der Waals surface area contributed by atoms with Crippen LogP contribution in [0.3, 0.4) is 0 Å². The number of aryl methyl sites for hydroxylation is 1. The molecule has 0 aliphatic rings. The maximum absolute atomic E-state index is 11.6. The molecule has 1 aromatic heterocycles. The lowest BCUT2D eigenvalue weighted by Gasteiger charge is -2.13. The molecule has 1 aromatic rings. The van der Waals surface area contributed by atoms with Gasteiger partial charge in [-0.05, 0) is 18.9 Å². The molecule has 4 heteroatoms. The highest BCUT2D eigenvalue weighted by atomic mass is 16.3. The van der Waals surface area contributed by atoms with Crippen LogP contribution in [-0.2, 0) is 6.54 Å². The fourth-order valence-electron chi connectivity index (χ4n) is 1.59. The molecule has 0 unspecified atom stereocenters. The third-order valence-corrected chi connectivity index (χ3v) is 2.46. The minimum absolute atomic E-state index is 0.0379. The number of hydrogen-bond acceptors (Lipinski definition) is 3. The zero-order valence-corrected chi connectivity index (χ0v) is 9.50. The minimum atomic E-state index is -0.141. The normalized spacial score (nSPS) is 10.3. The summed E-state index contributed by atoms with van der Waals surface area (Å²) < 4.78 is 1.41. The van der Waals surface area contributed by atoms with Crippen LogP contribution in [-0.4, -0.2) is 16.7 Å². The Bertz CT molecular complexity index is 396. The number of pyridine rings is 1. The van der Waals surface area contributed by atoms with E-state index in [2.05, 4.69) is 12.2 Å². The summed E-state index contributed by atoms with van der Waals surface area (Å²) in [6.45, 7) is 4.42. The van der Waals surface area contributed by atoms with Crippen molar-refractivity contribution in [2.24, 2.45) is 0 Å². The third kappa shape index (κ3) is 2.32. The molecule has 0 atom stereocenters. The number of rotatable bonds is 4. The summed E-state index contributed by atoms with van der Waals surface area (Å²) in [7, 11) is 1.73. The van der Waals surface area contributed by atoms with Gasteiger partial charge in [0.1, 0.15) is 0 Å². The molecule has 4 nitrogen and oxygen atoms in total. The second kappa shape index (κ2) is 4.87. The van der Waals surface area contributed by atoms with E-state index in [1.165, 1.54) is 4.57 Å². The van der Waals surface area contributed by atoms with E-state index in [4.69, 9.17) is 0 Å². The van der Waals surface area contributed by atoms with Crippen molar-refractivity contribution in [2.45, 2.75) is 33.2 Å². The van der Waals surface area contributed by atoms with Gasteiger partial charge >= 0.3 is 0 Å². The second-order valence-electron chi connectivity index (χ2n) is 3.62. The number of anilines is 1. The molecule has 0 aliphatic carbocycles. The molecule has 0 bridgehead atoms. The van der Waals surface area contributed by atoms with E-state index in [0.717, 1.165) is 18.4 Å². The summed E-state index contributed by atoms with van der Waals surface area (Å²) in [5, 5.41) is 12.8. The maximum Gasteiger partial charge on any atom is 0.253 e. The molecule has 0 saturated carbocycles. The van der Waals surface area contributed by atoms with Crippen LogP contribution in [0.1, 0.15) is 25.3 Å². The van der Waals surface area contributed by atoms with E-state index in [0.29, 0.717) is 12.2 Å². The molecule has 1 rings (SSSR count). The summed E-state index contributed by atoms with van der Waals surface area (Å²) in [6.07, 6.45) is 1.88. The van der Waals surface area contributed by atoms with Crippen LogP contribution in [0.4, 0.5) is 5.69 Å². The summed E-state index contributed by atoms with van der Waals surface area (Å²) >= 11 is 0. The Labute approximate surface area is 89.6 Å². The number of aromatic nitrogens is 1. The summed E-state index contributed by atoms with van der Waals surface area (Å²) in [5.41, 5.74) is 1.26. The molecule has 84 valence electrons. The molecule has 0 aromatic carbocycles. The van der Waals surface area contributed by atoms with Crippen molar-refractivity contribution in [2.75, 3.05) is 12.4 Å². The molecule has 0 amide bonds. The third-order valence-electron chi connectivity index (χ3n) is 2.46. The van der Waals surface area contributed by atoms with Crippen LogP contribution in [0.5, 0.6) is 5.88 Å². The number of nitrogens with zero attached hydrogens (tertiary/aromatic N) is 1. The Morgan fingerprint density at radius 1 is 1.53 bits per heavy atom. The van der Waals surface area contributed by atoms with E-state index in [1.54, 1.807) is 20.0 Å². The van der Waals surface area contributed by atoms with Crippen LogP contribution in [0.25, 0.3) is 0 Å². The SMILES string of the molecule is CCCCn1c(O)c(NC)c(C)cc1=O. The lowest BCUT2D eigenvalue weighted by Crippen LogP contribution is -2.20. The number of aromatic hydroxyl groups is 1. The Hall–Kier alpha value is -1.45. The summed E-state index contributed by atoms with van der Waals surface area (Å²) in [4.78, 5) is 11.6. The first-order chi connectivity index (χ1) is 7.11. The highest BCUT2D eigenvalue weighted by molar-refractivity contribution is 5.57. The Balaban J connectivity index is 3.20. The van der Waals surface area contributed by atoms with Gasteiger partial charge in [-0.25, -0.2) is 0 Å². The standard InChI is InChI=1S/C11H18N2O2/c1-4-5-6-13-9(14)7-8(2)10(12-3)11(13)15/h7,12,15H,4-6H2,1-3H3. The van der Waals surface area contributed by atoms with E-state index >= 15 is 0 Å². The van der Waals surface area contributed by atoms with Crippen LogP contribution in [0.15, 0.2) is 10.9 Å². The predicted octanol–water partition coefficient (Wildman–Crippen LogP) is 1.70. The number of nitrogens with one attached hydrogen (secondary N) is 1. The van der Waals surface area contributed by atoms with Crippen molar-refractivity contribution < 1.29 is 5.11 Å². The van der Waals surface area contributed by atoms with Crippen molar-refractivity contribution in [3.05, 3.63) is 22.0 Å². The van der Waals surface area contributed by atoms with Gasteiger partial charge in [0, 0.05) is 19.7 Å². The topological polar surface area (TPSA) is 54.3 Å². The van der Waals surface area contributed by atoms with Gasteiger partial charge < -0.3 is 10.4 Å². The fraction of sp³-hybridized carbons (Fsp3) is 0.545. The van der Waals surface area contributed by atoms with Gasteiger partial charge in [0.15, 0.2) is 0 Å². The van der Waals surface area contributed by atoms with Gasteiger partial charge in [-0.2, -0.15) is 0 Å². The molecule has 0 spiro atoms. The van der Waals surface area contributed by atoms with Gasteiger partial charge in [-0.3, -0.25) is 9.36 Å². The van der Waals surface area contributed by atoms with E-state index in [1.807, 2.05) is 0 Å². The number of unbranched alkanes of at least 4 members (excludes halogenated alkanes) is 1. The first kappa shape index (κ1) is 11.6. The van der Waals surface area contributed by atoms with Crippen molar-refractivity contribution >= 4 is 5.69 Å². The number of hydrogen-bond donors (Lipinski definition) is 2. The fourth-order valence-corrected chi connectivity index (χ4v) is 1.59. The summed E-state index contributed by atoms with van der Waals surface area (Å²) in [6, 6.07) is 1.54. The first-order valence-corrected chi connectivity index (χ1v) is 5.23. The van der Waals surface area contributed by atoms with Crippen LogP contribution >= 0.6 is 0 Å².